The molecular weight excluding hydrogens is 297 g/mol. The van der Waals surface area contributed by atoms with Crippen LogP contribution in [0.4, 0.5) is 23.7 Å². The van der Waals surface area contributed by atoms with Crippen LogP contribution >= 0.6 is 0 Å². The lowest BCUT2D eigenvalue weighted by Crippen LogP contribution is -2.38. The van der Waals surface area contributed by atoms with Gasteiger partial charge in [0.05, 0.1) is 17.4 Å². The number of halogens is 3. The van der Waals surface area contributed by atoms with Gasteiger partial charge in [0, 0.05) is 6.54 Å². The van der Waals surface area contributed by atoms with Crippen LogP contribution in [0.2, 0.25) is 0 Å². The van der Waals surface area contributed by atoms with Crippen molar-refractivity contribution in [3.05, 3.63) is 29.8 Å². The number of rotatable bonds is 5. The third-order valence-electron chi connectivity index (χ3n) is 3.06. The van der Waals surface area contributed by atoms with E-state index in [1.807, 2.05) is 13.8 Å². The first-order valence-electron chi connectivity index (χ1n) is 6.90. The number of anilines is 1. The van der Waals surface area contributed by atoms with Gasteiger partial charge < -0.3 is 15.7 Å². The van der Waals surface area contributed by atoms with Crippen LogP contribution in [0.25, 0.3) is 0 Å². The average molecular weight is 318 g/mol. The molecule has 4 nitrogen and oxygen atoms in total. The van der Waals surface area contributed by atoms with Gasteiger partial charge in [0.1, 0.15) is 0 Å². The van der Waals surface area contributed by atoms with E-state index in [1.165, 1.54) is 18.2 Å². The summed E-state index contributed by atoms with van der Waals surface area (Å²) in [4.78, 5) is 11.8. The van der Waals surface area contributed by atoms with Gasteiger partial charge in [-0.05, 0) is 30.9 Å². The predicted molar refractivity (Wildman–Crippen MR) is 78.5 cm³/mol. The average Bonchev–Trinajstić information content (AvgIpc) is 2.34. The zero-order chi connectivity index (χ0) is 17.0. The molecule has 0 radical (unpaired) electrons. The number of urea groups is 1. The molecular formula is C15H21F3N2O2. The maximum Gasteiger partial charge on any atom is 0.418 e. The molecule has 0 spiro atoms. The molecule has 124 valence electrons. The monoisotopic (exact) mass is 318 g/mol. The number of carbonyl (C=O) groups is 1. The fraction of sp³-hybridized carbons (Fsp3) is 0.533. The summed E-state index contributed by atoms with van der Waals surface area (Å²) in [6.45, 7) is 5.58. The Morgan fingerprint density at radius 3 is 2.41 bits per heavy atom. The van der Waals surface area contributed by atoms with Crippen molar-refractivity contribution in [1.82, 2.24) is 5.32 Å². The van der Waals surface area contributed by atoms with Crippen LogP contribution in [0.5, 0.6) is 0 Å². The second-order valence-electron chi connectivity index (χ2n) is 6.07. The molecule has 0 saturated heterocycles. The smallest absolute Gasteiger partial charge is 0.393 e. The Morgan fingerprint density at radius 1 is 1.27 bits per heavy atom. The summed E-state index contributed by atoms with van der Waals surface area (Å²) >= 11 is 0. The first kappa shape index (κ1) is 18.3. The van der Waals surface area contributed by atoms with Crippen molar-refractivity contribution < 1.29 is 23.1 Å². The lowest BCUT2D eigenvalue weighted by atomic mass is 9.87. The minimum atomic E-state index is -4.53. The molecule has 0 aliphatic rings. The summed E-state index contributed by atoms with van der Waals surface area (Å²) in [5, 5.41) is 14.1. The molecule has 0 saturated carbocycles. The number of amides is 2. The Bertz CT molecular complexity index is 514. The van der Waals surface area contributed by atoms with Gasteiger partial charge in [0.25, 0.3) is 0 Å². The summed E-state index contributed by atoms with van der Waals surface area (Å²) in [7, 11) is 0. The molecule has 2 amide bonds. The van der Waals surface area contributed by atoms with E-state index in [2.05, 4.69) is 10.6 Å². The molecule has 1 aromatic carbocycles. The Kier molecular flexibility index (Phi) is 5.82. The Morgan fingerprint density at radius 2 is 1.86 bits per heavy atom. The van der Waals surface area contributed by atoms with Gasteiger partial charge >= 0.3 is 12.2 Å². The number of aliphatic hydroxyl groups is 1. The van der Waals surface area contributed by atoms with E-state index in [0.717, 1.165) is 6.07 Å². The van der Waals surface area contributed by atoms with Gasteiger partial charge in [0.2, 0.25) is 0 Å². The molecule has 3 N–H and O–H groups in total. The normalized spacial score (nSPS) is 13.6. The number of para-hydroxylation sites is 1. The van der Waals surface area contributed by atoms with Gasteiger partial charge in [-0.3, -0.25) is 0 Å². The van der Waals surface area contributed by atoms with Crippen molar-refractivity contribution >= 4 is 11.7 Å². The van der Waals surface area contributed by atoms with Crippen LogP contribution in [-0.4, -0.2) is 23.8 Å². The predicted octanol–water partition coefficient (Wildman–Crippen LogP) is 3.62. The van der Waals surface area contributed by atoms with E-state index in [4.69, 9.17) is 0 Å². The Labute approximate surface area is 127 Å². The van der Waals surface area contributed by atoms with Crippen molar-refractivity contribution in [3.63, 3.8) is 0 Å². The van der Waals surface area contributed by atoms with Crippen LogP contribution in [0.3, 0.4) is 0 Å². The van der Waals surface area contributed by atoms with E-state index < -0.39 is 23.9 Å². The van der Waals surface area contributed by atoms with Gasteiger partial charge in [-0.1, -0.05) is 26.0 Å². The van der Waals surface area contributed by atoms with Gasteiger partial charge in [-0.25, -0.2) is 4.79 Å². The highest BCUT2D eigenvalue weighted by atomic mass is 19.4. The lowest BCUT2D eigenvalue weighted by Gasteiger charge is -2.26. The summed E-state index contributed by atoms with van der Waals surface area (Å²) in [5.41, 5.74) is -1.55. The number of carbonyl (C=O) groups excluding carboxylic acids is 1. The topological polar surface area (TPSA) is 61.4 Å². The number of hydrogen-bond donors (Lipinski definition) is 3. The number of aliphatic hydroxyl groups excluding tert-OH is 1. The summed E-state index contributed by atoms with van der Waals surface area (Å²) in [6.07, 6.45) is -4.59. The fourth-order valence-corrected chi connectivity index (χ4v) is 2.20. The highest BCUT2D eigenvalue weighted by Crippen LogP contribution is 2.34. The third kappa shape index (κ3) is 5.93. The van der Waals surface area contributed by atoms with E-state index in [9.17, 15) is 23.1 Å². The summed E-state index contributed by atoms with van der Waals surface area (Å²) in [5.74, 6) is 0. The van der Waals surface area contributed by atoms with E-state index in [0.29, 0.717) is 6.42 Å². The molecule has 0 aromatic heterocycles. The maximum absolute atomic E-state index is 12.8. The van der Waals surface area contributed by atoms with E-state index in [-0.39, 0.29) is 17.6 Å². The Hall–Kier alpha value is -1.76. The fourth-order valence-electron chi connectivity index (χ4n) is 2.20. The van der Waals surface area contributed by atoms with Crippen LogP contribution in [-0.2, 0) is 6.18 Å². The van der Waals surface area contributed by atoms with E-state index in [1.54, 1.807) is 6.92 Å². The van der Waals surface area contributed by atoms with Crippen LogP contribution in [0, 0.1) is 5.41 Å². The maximum atomic E-state index is 12.8. The van der Waals surface area contributed by atoms with Crippen LogP contribution in [0.1, 0.15) is 32.8 Å². The molecule has 0 bridgehead atoms. The standard InChI is InChI=1S/C15H21F3N2O2/c1-10(21)8-14(2,3)9-19-13(22)20-12-7-5-4-6-11(12)15(16,17)18/h4-7,10,21H,8-9H2,1-3H3,(H2,19,20,22). The van der Waals surface area contributed by atoms with Crippen molar-refractivity contribution in [2.75, 3.05) is 11.9 Å². The molecule has 1 aromatic rings. The highest BCUT2D eigenvalue weighted by Gasteiger charge is 2.33. The minimum Gasteiger partial charge on any atom is -0.393 e. The first-order chi connectivity index (χ1) is 10.0. The molecule has 0 aliphatic carbocycles. The largest absolute Gasteiger partial charge is 0.418 e. The van der Waals surface area contributed by atoms with Gasteiger partial charge in [0.15, 0.2) is 0 Å². The minimum absolute atomic E-state index is 0.234. The molecule has 1 rings (SSSR count). The SMILES string of the molecule is CC(O)CC(C)(C)CNC(=O)Nc1ccccc1C(F)(F)F. The van der Waals surface area contributed by atoms with Crippen LogP contribution < -0.4 is 10.6 Å². The number of nitrogens with one attached hydrogen (secondary N) is 2. The molecule has 7 heteroatoms. The van der Waals surface area contributed by atoms with Crippen molar-refractivity contribution in [2.45, 2.75) is 39.5 Å². The zero-order valence-corrected chi connectivity index (χ0v) is 12.8. The lowest BCUT2D eigenvalue weighted by molar-refractivity contribution is -0.136. The molecule has 0 heterocycles. The molecule has 22 heavy (non-hydrogen) atoms. The highest BCUT2D eigenvalue weighted by molar-refractivity contribution is 5.90. The molecule has 0 fully saturated rings. The second-order valence-corrected chi connectivity index (χ2v) is 6.07. The van der Waals surface area contributed by atoms with Crippen molar-refractivity contribution in [2.24, 2.45) is 5.41 Å². The number of alkyl halides is 3. The molecule has 0 aliphatic heterocycles. The second kappa shape index (κ2) is 7.00. The van der Waals surface area contributed by atoms with Gasteiger partial charge in [-0.15, -0.1) is 0 Å². The quantitative estimate of drug-likeness (QED) is 0.776. The Balaban J connectivity index is 2.67. The van der Waals surface area contributed by atoms with Crippen molar-refractivity contribution in [1.29, 1.82) is 0 Å². The van der Waals surface area contributed by atoms with Crippen molar-refractivity contribution in [3.8, 4) is 0 Å². The number of benzene rings is 1. The summed E-state index contributed by atoms with van der Waals surface area (Å²) in [6, 6.07) is 4.08. The third-order valence-corrected chi connectivity index (χ3v) is 3.06. The molecule has 1 unspecified atom stereocenters. The van der Waals surface area contributed by atoms with E-state index >= 15 is 0 Å². The summed E-state index contributed by atoms with van der Waals surface area (Å²) < 4.78 is 38.5. The van der Waals surface area contributed by atoms with Crippen LogP contribution in [0.15, 0.2) is 24.3 Å². The number of hydrogen-bond acceptors (Lipinski definition) is 2. The molecule has 1 atom stereocenters. The first-order valence-corrected chi connectivity index (χ1v) is 6.90. The zero-order valence-electron chi connectivity index (χ0n) is 12.8. The van der Waals surface area contributed by atoms with Gasteiger partial charge in [-0.2, -0.15) is 13.2 Å².